The molecule has 110 valence electrons. The van der Waals surface area contributed by atoms with Crippen molar-refractivity contribution in [1.29, 1.82) is 0 Å². The van der Waals surface area contributed by atoms with Gasteiger partial charge in [0, 0.05) is 26.5 Å². The van der Waals surface area contributed by atoms with E-state index in [2.05, 4.69) is 39.0 Å². The minimum Gasteiger partial charge on any atom is -0.417 e. The number of hydrogen-bond acceptors (Lipinski definition) is 3. The smallest absolute Gasteiger partial charge is 0.191 e. The fourth-order valence-corrected chi connectivity index (χ4v) is 2.51. The van der Waals surface area contributed by atoms with Crippen molar-refractivity contribution < 1.29 is 9.16 Å². The highest BCUT2D eigenvalue weighted by molar-refractivity contribution is 6.74. The molecule has 0 aliphatic rings. The Morgan fingerprint density at radius 2 is 1.95 bits per heavy atom. The van der Waals surface area contributed by atoms with E-state index in [1.54, 1.807) is 6.20 Å². The van der Waals surface area contributed by atoms with E-state index < -0.39 is 8.32 Å². The van der Waals surface area contributed by atoms with Crippen molar-refractivity contribution in [2.75, 3.05) is 13.2 Å². The summed E-state index contributed by atoms with van der Waals surface area (Å²) in [7, 11) is 0.333. The highest BCUT2D eigenvalue weighted by atomic mass is 28.4. The number of hydrogen-bond donors (Lipinski definition) is 0. The third kappa shape index (κ3) is 5.08. The fourth-order valence-electron chi connectivity index (χ4n) is 1.42. The summed E-state index contributed by atoms with van der Waals surface area (Å²) in [6, 6.07) is 1.98. The van der Waals surface area contributed by atoms with Gasteiger partial charge in [-0.1, -0.05) is 20.8 Å². The van der Waals surface area contributed by atoms with Crippen molar-refractivity contribution in [2.45, 2.75) is 51.9 Å². The topological polar surface area (TPSA) is 36.3 Å². The molecule has 0 atom stereocenters. The van der Waals surface area contributed by atoms with E-state index >= 15 is 0 Å². The second-order valence-electron chi connectivity index (χ2n) is 6.46. The predicted molar refractivity (Wildman–Crippen MR) is 80.6 cm³/mol. The van der Waals surface area contributed by atoms with Crippen LogP contribution in [0.4, 0.5) is 0 Å². The molecule has 0 N–H and O–H groups in total. The Morgan fingerprint density at radius 3 is 2.47 bits per heavy atom. The van der Waals surface area contributed by atoms with Crippen molar-refractivity contribution in [3.05, 3.63) is 18.0 Å². The van der Waals surface area contributed by atoms with Gasteiger partial charge in [0.1, 0.15) is 0 Å². The molecule has 1 aromatic heterocycles. The molecule has 1 heterocycles. The van der Waals surface area contributed by atoms with Gasteiger partial charge in [0.15, 0.2) is 8.32 Å². The quantitative estimate of drug-likeness (QED) is 0.569. The van der Waals surface area contributed by atoms with Crippen LogP contribution in [-0.2, 0) is 22.8 Å². The lowest BCUT2D eigenvalue weighted by atomic mass is 10.2. The van der Waals surface area contributed by atoms with Crippen molar-refractivity contribution in [2.24, 2.45) is 7.05 Å². The van der Waals surface area contributed by atoms with Gasteiger partial charge in [-0.05, 0) is 30.6 Å². The minimum atomic E-state index is -1.60. The van der Waals surface area contributed by atoms with Gasteiger partial charge in [-0.3, -0.25) is 4.68 Å². The molecule has 0 bridgehead atoms. The Hall–Kier alpha value is -0.653. The minimum absolute atomic E-state index is 0.280. The van der Waals surface area contributed by atoms with Crippen LogP contribution in [0.3, 0.4) is 0 Å². The van der Waals surface area contributed by atoms with E-state index in [1.165, 1.54) is 0 Å². The lowest BCUT2D eigenvalue weighted by molar-refractivity contribution is 0.101. The normalized spacial score (nSPS) is 12.9. The van der Waals surface area contributed by atoms with Crippen LogP contribution in [0.5, 0.6) is 0 Å². The molecule has 4 nitrogen and oxygen atoms in total. The average molecular weight is 284 g/mol. The van der Waals surface area contributed by atoms with Crippen molar-refractivity contribution in [3.63, 3.8) is 0 Å². The van der Waals surface area contributed by atoms with E-state index in [0.29, 0.717) is 6.61 Å². The van der Waals surface area contributed by atoms with Crippen LogP contribution >= 0.6 is 0 Å². The van der Waals surface area contributed by atoms with Crippen LogP contribution in [0, 0.1) is 0 Å². The van der Waals surface area contributed by atoms with Crippen molar-refractivity contribution >= 4 is 8.32 Å². The molecular weight excluding hydrogens is 256 g/mol. The highest BCUT2D eigenvalue weighted by Gasteiger charge is 2.36. The molecule has 0 spiro atoms. The van der Waals surface area contributed by atoms with Crippen LogP contribution < -0.4 is 0 Å². The summed E-state index contributed by atoms with van der Waals surface area (Å²) in [4.78, 5) is 0. The molecule has 0 saturated heterocycles. The molecule has 0 saturated carbocycles. The molecule has 1 rings (SSSR count). The van der Waals surface area contributed by atoms with Gasteiger partial charge in [0.05, 0.1) is 12.3 Å². The summed E-state index contributed by atoms with van der Waals surface area (Å²) in [5.74, 6) is 0. The number of aryl methyl sites for hydroxylation is 1. The van der Waals surface area contributed by atoms with E-state index in [1.807, 2.05) is 17.8 Å². The van der Waals surface area contributed by atoms with E-state index in [4.69, 9.17) is 9.16 Å². The number of aromatic nitrogens is 2. The van der Waals surface area contributed by atoms with E-state index in [0.717, 1.165) is 25.3 Å². The first-order chi connectivity index (χ1) is 8.74. The van der Waals surface area contributed by atoms with Gasteiger partial charge in [-0.15, -0.1) is 0 Å². The Labute approximate surface area is 118 Å². The van der Waals surface area contributed by atoms with Gasteiger partial charge in [0.2, 0.25) is 0 Å². The molecule has 0 unspecified atom stereocenters. The maximum absolute atomic E-state index is 6.10. The SMILES string of the molecule is Cn1nccc1COCCCO[Si](C)(C)C(C)(C)C. The standard InChI is InChI=1S/C14H28N2O2Si/c1-14(2,3)19(5,6)18-11-7-10-17-12-13-8-9-15-16(13)4/h8-9H,7,10-12H2,1-6H3. The molecule has 19 heavy (non-hydrogen) atoms. The summed E-state index contributed by atoms with van der Waals surface area (Å²) in [6.45, 7) is 13.5. The van der Waals surface area contributed by atoms with E-state index in [9.17, 15) is 0 Å². The fraction of sp³-hybridized carbons (Fsp3) is 0.786. The zero-order valence-corrected chi connectivity index (χ0v) is 14.2. The Kier molecular flexibility index (Phi) is 5.76. The molecule has 1 aromatic rings. The second-order valence-corrected chi connectivity index (χ2v) is 11.3. The summed E-state index contributed by atoms with van der Waals surface area (Å²) in [5, 5.41) is 4.39. The molecule has 5 heteroatoms. The summed E-state index contributed by atoms with van der Waals surface area (Å²) >= 11 is 0. The van der Waals surface area contributed by atoms with Crippen molar-refractivity contribution in [3.8, 4) is 0 Å². The highest BCUT2D eigenvalue weighted by Crippen LogP contribution is 2.36. The average Bonchev–Trinajstić information content (AvgIpc) is 2.67. The lowest BCUT2D eigenvalue weighted by Crippen LogP contribution is -2.41. The summed E-state index contributed by atoms with van der Waals surface area (Å²) in [6.07, 6.45) is 2.74. The van der Waals surface area contributed by atoms with Crippen LogP contribution in [0.15, 0.2) is 12.3 Å². The molecule has 0 aliphatic heterocycles. The van der Waals surface area contributed by atoms with Crippen LogP contribution in [0.1, 0.15) is 32.9 Å². The monoisotopic (exact) mass is 284 g/mol. The summed E-state index contributed by atoms with van der Waals surface area (Å²) < 4.78 is 13.6. The Morgan fingerprint density at radius 1 is 1.26 bits per heavy atom. The second kappa shape index (κ2) is 6.68. The first-order valence-corrected chi connectivity index (χ1v) is 9.83. The third-order valence-electron chi connectivity index (χ3n) is 3.87. The molecule has 0 aromatic carbocycles. The maximum Gasteiger partial charge on any atom is 0.191 e. The first kappa shape index (κ1) is 16.4. The van der Waals surface area contributed by atoms with E-state index in [-0.39, 0.29) is 5.04 Å². The van der Waals surface area contributed by atoms with Gasteiger partial charge >= 0.3 is 0 Å². The Balaban J connectivity index is 2.14. The number of ether oxygens (including phenoxy) is 1. The van der Waals surface area contributed by atoms with Gasteiger partial charge in [0.25, 0.3) is 0 Å². The molecule has 0 amide bonds. The number of rotatable bonds is 7. The van der Waals surface area contributed by atoms with Crippen LogP contribution in [0.25, 0.3) is 0 Å². The Bertz CT molecular complexity index is 383. The zero-order valence-electron chi connectivity index (χ0n) is 13.2. The predicted octanol–water partition coefficient (Wildman–Crippen LogP) is 3.35. The van der Waals surface area contributed by atoms with Crippen LogP contribution in [0.2, 0.25) is 18.1 Å². The molecular formula is C14H28N2O2Si. The molecule has 0 aliphatic carbocycles. The third-order valence-corrected chi connectivity index (χ3v) is 8.41. The lowest BCUT2D eigenvalue weighted by Gasteiger charge is -2.36. The zero-order chi connectivity index (χ0) is 14.5. The van der Waals surface area contributed by atoms with Gasteiger partial charge in [-0.25, -0.2) is 0 Å². The summed E-state index contributed by atoms with van der Waals surface area (Å²) in [5.41, 5.74) is 1.10. The van der Waals surface area contributed by atoms with Gasteiger partial charge < -0.3 is 9.16 Å². The number of nitrogens with zero attached hydrogens (tertiary/aromatic N) is 2. The first-order valence-electron chi connectivity index (χ1n) is 6.92. The van der Waals surface area contributed by atoms with Gasteiger partial charge in [-0.2, -0.15) is 5.10 Å². The largest absolute Gasteiger partial charge is 0.417 e. The van der Waals surface area contributed by atoms with Crippen molar-refractivity contribution in [1.82, 2.24) is 9.78 Å². The molecule has 0 radical (unpaired) electrons. The maximum atomic E-state index is 6.10. The van der Waals surface area contributed by atoms with Crippen LogP contribution in [-0.4, -0.2) is 31.3 Å². The molecule has 0 fully saturated rings.